The molecule has 0 unspecified atom stereocenters. The van der Waals surface area contributed by atoms with Crippen LogP contribution >= 0.6 is 11.8 Å². The minimum absolute atomic E-state index is 0.373. The molecule has 2 aromatic carbocycles. The molecule has 0 saturated heterocycles. The summed E-state index contributed by atoms with van der Waals surface area (Å²) in [6, 6.07) is 15.1. The Balaban J connectivity index is 1.94. The van der Waals surface area contributed by atoms with Crippen LogP contribution in [0.25, 0.3) is 0 Å². The quantitative estimate of drug-likeness (QED) is 0.852. The first-order chi connectivity index (χ1) is 10.1. The van der Waals surface area contributed by atoms with E-state index >= 15 is 0 Å². The monoisotopic (exact) mass is 319 g/mol. The molecule has 5 heteroatoms. The van der Waals surface area contributed by atoms with Crippen molar-refractivity contribution < 1.29 is 8.42 Å². The maximum atomic E-state index is 12.8. The predicted molar refractivity (Wildman–Crippen MR) is 85.9 cm³/mol. The number of hydrogen-bond donors (Lipinski definition) is 0. The molecular weight excluding hydrogens is 302 g/mol. The number of aryl methyl sites for hydroxylation is 1. The lowest BCUT2D eigenvalue weighted by atomic mass is 10.2. The molecule has 3 rings (SSSR count). The fourth-order valence-corrected chi connectivity index (χ4v) is 4.92. The van der Waals surface area contributed by atoms with Gasteiger partial charge in [-0.1, -0.05) is 35.9 Å². The van der Waals surface area contributed by atoms with E-state index in [1.165, 1.54) is 4.90 Å². The molecule has 110 valence electrons. The molecule has 1 aliphatic heterocycles. The highest BCUT2D eigenvalue weighted by Gasteiger charge is 2.26. The van der Waals surface area contributed by atoms with Crippen LogP contribution in [0.5, 0.6) is 0 Å². The summed E-state index contributed by atoms with van der Waals surface area (Å²) in [7, 11) is -3.42. The van der Waals surface area contributed by atoms with Gasteiger partial charge in [-0.15, -0.1) is 11.8 Å². The molecule has 0 amide bonds. The van der Waals surface area contributed by atoms with E-state index in [1.54, 1.807) is 28.2 Å². The summed E-state index contributed by atoms with van der Waals surface area (Å²) >= 11 is 1.72. The van der Waals surface area contributed by atoms with Crippen LogP contribution in [0, 0.1) is 6.92 Å². The van der Waals surface area contributed by atoms with Crippen LogP contribution < -0.4 is 0 Å². The molecule has 0 bridgehead atoms. The third-order valence-corrected chi connectivity index (χ3v) is 6.53. The molecule has 0 saturated carbocycles. The Morgan fingerprint density at radius 2 is 1.76 bits per heavy atom. The SMILES string of the molecule is Cc1ccc(S(=O)(=O)N2CCSc3ccccc3C2)cc1. The minimum atomic E-state index is -3.42. The van der Waals surface area contributed by atoms with E-state index in [4.69, 9.17) is 0 Å². The van der Waals surface area contributed by atoms with Crippen LogP contribution in [0.2, 0.25) is 0 Å². The highest BCUT2D eigenvalue weighted by Crippen LogP contribution is 2.29. The highest BCUT2D eigenvalue weighted by atomic mass is 32.2. The van der Waals surface area contributed by atoms with Crippen molar-refractivity contribution >= 4 is 21.8 Å². The van der Waals surface area contributed by atoms with Crippen LogP contribution in [0.15, 0.2) is 58.3 Å². The first-order valence-corrected chi connectivity index (χ1v) is 9.27. The zero-order chi connectivity index (χ0) is 14.9. The van der Waals surface area contributed by atoms with Gasteiger partial charge in [0, 0.05) is 23.7 Å². The number of hydrogen-bond acceptors (Lipinski definition) is 3. The topological polar surface area (TPSA) is 37.4 Å². The first-order valence-electron chi connectivity index (χ1n) is 6.85. The third-order valence-electron chi connectivity index (χ3n) is 3.58. The lowest BCUT2D eigenvalue weighted by molar-refractivity contribution is 0.426. The van der Waals surface area contributed by atoms with Gasteiger partial charge in [0.05, 0.1) is 4.90 Å². The zero-order valence-electron chi connectivity index (χ0n) is 11.8. The predicted octanol–water partition coefficient (Wildman–Crippen LogP) is 3.29. The van der Waals surface area contributed by atoms with Crippen molar-refractivity contribution in [2.24, 2.45) is 0 Å². The van der Waals surface area contributed by atoms with Crippen molar-refractivity contribution in [2.45, 2.75) is 23.3 Å². The molecule has 1 aliphatic rings. The molecule has 0 atom stereocenters. The summed E-state index contributed by atoms with van der Waals surface area (Å²) in [6.07, 6.45) is 0. The van der Waals surface area contributed by atoms with Gasteiger partial charge in [0.1, 0.15) is 0 Å². The Morgan fingerprint density at radius 3 is 2.52 bits per heavy atom. The molecule has 0 fully saturated rings. The molecular formula is C16H17NO2S2. The van der Waals surface area contributed by atoms with E-state index in [-0.39, 0.29) is 0 Å². The van der Waals surface area contributed by atoms with Gasteiger partial charge >= 0.3 is 0 Å². The highest BCUT2D eigenvalue weighted by molar-refractivity contribution is 7.99. The maximum absolute atomic E-state index is 12.8. The summed E-state index contributed by atoms with van der Waals surface area (Å²) in [6.45, 7) is 2.93. The molecule has 2 aromatic rings. The Bertz CT molecular complexity index is 739. The molecule has 0 spiro atoms. The van der Waals surface area contributed by atoms with Crippen LogP contribution in [0.1, 0.15) is 11.1 Å². The average Bonchev–Trinajstić information content (AvgIpc) is 2.70. The van der Waals surface area contributed by atoms with Crippen LogP contribution in [-0.4, -0.2) is 25.0 Å². The van der Waals surface area contributed by atoms with E-state index < -0.39 is 10.0 Å². The number of fused-ring (bicyclic) bond motifs is 1. The molecule has 1 heterocycles. The summed E-state index contributed by atoms with van der Waals surface area (Å²) in [5.74, 6) is 0.780. The fourth-order valence-electron chi connectivity index (χ4n) is 2.37. The Morgan fingerprint density at radius 1 is 1.05 bits per heavy atom. The largest absolute Gasteiger partial charge is 0.243 e. The van der Waals surface area contributed by atoms with Crippen molar-refractivity contribution in [3.05, 3.63) is 59.7 Å². The van der Waals surface area contributed by atoms with Gasteiger partial charge in [0.25, 0.3) is 0 Å². The molecule has 0 radical (unpaired) electrons. The molecule has 21 heavy (non-hydrogen) atoms. The molecule has 0 N–H and O–H groups in total. The second-order valence-electron chi connectivity index (χ2n) is 5.11. The van der Waals surface area contributed by atoms with Gasteiger partial charge < -0.3 is 0 Å². The number of thioether (sulfide) groups is 1. The number of sulfonamides is 1. The Hall–Kier alpha value is -1.30. The summed E-state index contributed by atoms with van der Waals surface area (Å²) in [5.41, 5.74) is 2.14. The van der Waals surface area contributed by atoms with Crippen molar-refractivity contribution in [2.75, 3.05) is 12.3 Å². The number of rotatable bonds is 2. The minimum Gasteiger partial charge on any atom is -0.207 e. The van der Waals surface area contributed by atoms with Crippen molar-refractivity contribution in [1.82, 2.24) is 4.31 Å². The van der Waals surface area contributed by atoms with Crippen LogP contribution in [0.4, 0.5) is 0 Å². The third kappa shape index (κ3) is 3.00. The van der Waals surface area contributed by atoms with Crippen LogP contribution in [0.3, 0.4) is 0 Å². The van der Waals surface area contributed by atoms with Gasteiger partial charge in [-0.2, -0.15) is 4.31 Å². The Kier molecular flexibility index (Phi) is 4.06. The second kappa shape index (κ2) is 5.83. The summed E-state index contributed by atoms with van der Waals surface area (Å²) < 4.78 is 27.1. The molecule has 3 nitrogen and oxygen atoms in total. The van der Waals surface area contributed by atoms with Crippen LogP contribution in [-0.2, 0) is 16.6 Å². The molecule has 0 aliphatic carbocycles. The van der Waals surface area contributed by atoms with E-state index in [0.717, 1.165) is 16.9 Å². The van der Waals surface area contributed by atoms with E-state index in [1.807, 2.05) is 37.3 Å². The Labute approximate surface area is 130 Å². The fraction of sp³-hybridized carbons (Fsp3) is 0.250. The molecule has 0 aromatic heterocycles. The summed E-state index contributed by atoms with van der Waals surface area (Å²) in [4.78, 5) is 1.55. The average molecular weight is 319 g/mol. The second-order valence-corrected chi connectivity index (χ2v) is 8.18. The lowest BCUT2D eigenvalue weighted by Crippen LogP contribution is -2.31. The van der Waals surface area contributed by atoms with Gasteiger partial charge in [-0.3, -0.25) is 0 Å². The number of benzene rings is 2. The van der Waals surface area contributed by atoms with E-state index in [2.05, 4.69) is 6.07 Å². The lowest BCUT2D eigenvalue weighted by Gasteiger charge is -2.20. The standard InChI is InChI=1S/C16H17NO2S2/c1-13-6-8-15(9-7-13)21(18,19)17-10-11-20-16-5-3-2-4-14(16)12-17/h2-9H,10-12H2,1H3. The summed E-state index contributed by atoms with van der Waals surface area (Å²) in [5, 5.41) is 0. The zero-order valence-corrected chi connectivity index (χ0v) is 13.5. The van der Waals surface area contributed by atoms with Gasteiger partial charge in [0.2, 0.25) is 10.0 Å². The maximum Gasteiger partial charge on any atom is 0.243 e. The van der Waals surface area contributed by atoms with Gasteiger partial charge in [-0.25, -0.2) is 8.42 Å². The van der Waals surface area contributed by atoms with Crippen molar-refractivity contribution in [3.8, 4) is 0 Å². The van der Waals surface area contributed by atoms with Gasteiger partial charge in [0.15, 0.2) is 0 Å². The van der Waals surface area contributed by atoms with Gasteiger partial charge in [-0.05, 0) is 30.7 Å². The van der Waals surface area contributed by atoms with E-state index in [0.29, 0.717) is 18.0 Å². The smallest absolute Gasteiger partial charge is 0.207 e. The number of nitrogens with zero attached hydrogens (tertiary/aromatic N) is 1. The van der Waals surface area contributed by atoms with E-state index in [9.17, 15) is 8.42 Å². The normalized spacial score (nSPS) is 16.2. The van der Waals surface area contributed by atoms with Crippen molar-refractivity contribution in [1.29, 1.82) is 0 Å². The first kappa shape index (κ1) is 14.6. The van der Waals surface area contributed by atoms with Crippen molar-refractivity contribution in [3.63, 3.8) is 0 Å².